The third-order valence-electron chi connectivity index (χ3n) is 1.53. The van der Waals surface area contributed by atoms with Crippen LogP contribution < -0.4 is 0 Å². The van der Waals surface area contributed by atoms with Crippen molar-refractivity contribution in [3.8, 4) is 6.07 Å². The largest absolute Gasteiger partial charge is 0.345 e. The highest BCUT2D eigenvalue weighted by Crippen LogP contribution is 2.04. The van der Waals surface area contributed by atoms with Gasteiger partial charge in [-0.2, -0.15) is 5.26 Å². The van der Waals surface area contributed by atoms with E-state index in [9.17, 15) is 0 Å². The molecular weight excluding hydrogens is 138 g/mol. The van der Waals surface area contributed by atoms with Gasteiger partial charge in [0.2, 0.25) is 0 Å². The van der Waals surface area contributed by atoms with E-state index in [1.54, 1.807) is 0 Å². The molecule has 0 unspecified atom stereocenters. The van der Waals surface area contributed by atoms with E-state index in [0.717, 1.165) is 24.4 Å². The molecule has 1 aromatic rings. The number of rotatable bonds is 2. The Bertz CT molecular complexity index is 280. The summed E-state index contributed by atoms with van der Waals surface area (Å²) in [7, 11) is 0. The van der Waals surface area contributed by atoms with Crippen molar-refractivity contribution in [1.82, 2.24) is 9.97 Å². The van der Waals surface area contributed by atoms with E-state index < -0.39 is 0 Å². The molecule has 3 nitrogen and oxygen atoms in total. The van der Waals surface area contributed by atoms with Gasteiger partial charge in [-0.1, -0.05) is 6.92 Å². The first kappa shape index (κ1) is 7.80. The quantitative estimate of drug-likeness (QED) is 0.693. The smallest absolute Gasteiger partial charge is 0.161 e. The summed E-state index contributed by atoms with van der Waals surface area (Å²) in [6, 6.07) is 2.03. The molecule has 0 fully saturated rings. The number of nitrogens with one attached hydrogen (secondary N) is 1. The van der Waals surface area contributed by atoms with E-state index in [1.807, 2.05) is 13.0 Å². The molecule has 0 amide bonds. The average molecular weight is 149 g/mol. The number of hydrogen-bond donors (Lipinski definition) is 1. The highest BCUT2D eigenvalue weighted by Gasteiger charge is 2.03. The number of imidazole rings is 1. The molecule has 1 aromatic heterocycles. The van der Waals surface area contributed by atoms with E-state index in [4.69, 9.17) is 5.26 Å². The Morgan fingerprint density at radius 1 is 1.64 bits per heavy atom. The number of hydrogen-bond acceptors (Lipinski definition) is 2. The zero-order valence-corrected chi connectivity index (χ0v) is 6.81. The summed E-state index contributed by atoms with van der Waals surface area (Å²) in [4.78, 5) is 7.16. The SMILES string of the molecule is CCCc1nc(C#N)c(C)[nH]1. The average Bonchev–Trinajstić information content (AvgIpc) is 2.32. The monoisotopic (exact) mass is 149 g/mol. The zero-order chi connectivity index (χ0) is 8.27. The van der Waals surface area contributed by atoms with E-state index >= 15 is 0 Å². The van der Waals surface area contributed by atoms with Crippen LogP contribution in [0.2, 0.25) is 0 Å². The van der Waals surface area contributed by atoms with Gasteiger partial charge in [0.05, 0.1) is 0 Å². The Balaban J connectivity index is 2.89. The summed E-state index contributed by atoms with van der Waals surface area (Å²) in [6.45, 7) is 3.95. The van der Waals surface area contributed by atoms with Crippen LogP contribution in [0.4, 0.5) is 0 Å². The topological polar surface area (TPSA) is 52.5 Å². The molecule has 3 heteroatoms. The van der Waals surface area contributed by atoms with Gasteiger partial charge in [-0.15, -0.1) is 0 Å². The third-order valence-corrected chi connectivity index (χ3v) is 1.53. The molecule has 0 aliphatic carbocycles. The van der Waals surface area contributed by atoms with Gasteiger partial charge >= 0.3 is 0 Å². The molecular formula is C8H11N3. The van der Waals surface area contributed by atoms with Crippen LogP contribution in [0.25, 0.3) is 0 Å². The molecule has 1 heterocycles. The lowest BCUT2D eigenvalue weighted by Crippen LogP contribution is -1.84. The summed E-state index contributed by atoms with van der Waals surface area (Å²) in [5.74, 6) is 0.918. The predicted molar refractivity (Wildman–Crippen MR) is 42.0 cm³/mol. The van der Waals surface area contributed by atoms with Crippen molar-refractivity contribution in [3.63, 3.8) is 0 Å². The molecule has 0 aliphatic heterocycles. The molecule has 1 rings (SSSR count). The molecule has 0 atom stereocenters. The Labute approximate surface area is 66.1 Å². The lowest BCUT2D eigenvalue weighted by atomic mass is 10.3. The van der Waals surface area contributed by atoms with Crippen molar-refractivity contribution in [2.24, 2.45) is 0 Å². The van der Waals surface area contributed by atoms with E-state index in [1.165, 1.54) is 0 Å². The molecule has 0 aromatic carbocycles. The molecule has 0 saturated heterocycles. The van der Waals surface area contributed by atoms with Gasteiger partial charge in [0, 0.05) is 12.1 Å². The summed E-state index contributed by atoms with van der Waals surface area (Å²) >= 11 is 0. The maximum atomic E-state index is 8.57. The first-order chi connectivity index (χ1) is 5.27. The van der Waals surface area contributed by atoms with Gasteiger partial charge < -0.3 is 4.98 Å². The van der Waals surface area contributed by atoms with Gasteiger partial charge in [-0.05, 0) is 13.3 Å². The second-order valence-corrected chi connectivity index (χ2v) is 2.52. The molecule has 11 heavy (non-hydrogen) atoms. The second-order valence-electron chi connectivity index (χ2n) is 2.52. The summed E-state index contributed by atoms with van der Waals surface area (Å²) in [6.07, 6.45) is 1.97. The summed E-state index contributed by atoms with van der Waals surface area (Å²) < 4.78 is 0. The van der Waals surface area contributed by atoms with Crippen LogP contribution in [0, 0.1) is 18.3 Å². The van der Waals surface area contributed by atoms with Crippen molar-refractivity contribution < 1.29 is 0 Å². The number of nitrogens with zero attached hydrogens (tertiary/aromatic N) is 2. The fourth-order valence-electron chi connectivity index (χ4n) is 0.986. The Hall–Kier alpha value is -1.30. The van der Waals surface area contributed by atoms with Crippen molar-refractivity contribution in [1.29, 1.82) is 5.26 Å². The molecule has 58 valence electrons. The number of H-pyrrole nitrogens is 1. The van der Waals surface area contributed by atoms with Gasteiger partial charge in [0.1, 0.15) is 11.9 Å². The van der Waals surface area contributed by atoms with Gasteiger partial charge in [0.15, 0.2) is 5.69 Å². The van der Waals surface area contributed by atoms with Crippen LogP contribution in [-0.4, -0.2) is 9.97 Å². The van der Waals surface area contributed by atoms with Crippen LogP contribution in [0.1, 0.15) is 30.6 Å². The summed E-state index contributed by atoms with van der Waals surface area (Å²) in [5.41, 5.74) is 1.39. The van der Waals surface area contributed by atoms with Crippen LogP contribution in [0.3, 0.4) is 0 Å². The fraction of sp³-hybridized carbons (Fsp3) is 0.500. The normalized spacial score (nSPS) is 9.55. The fourth-order valence-corrected chi connectivity index (χ4v) is 0.986. The molecule has 1 N–H and O–H groups in total. The Morgan fingerprint density at radius 2 is 2.36 bits per heavy atom. The molecule has 0 radical (unpaired) electrons. The highest BCUT2D eigenvalue weighted by atomic mass is 14.9. The maximum absolute atomic E-state index is 8.57. The summed E-state index contributed by atoms with van der Waals surface area (Å²) in [5, 5.41) is 8.57. The van der Waals surface area contributed by atoms with Crippen molar-refractivity contribution in [2.45, 2.75) is 26.7 Å². The van der Waals surface area contributed by atoms with Crippen molar-refractivity contribution in [3.05, 3.63) is 17.2 Å². The Kier molecular flexibility index (Phi) is 2.27. The standard InChI is InChI=1S/C8H11N3/c1-3-4-8-10-6(2)7(5-9)11-8/h3-4H2,1-2H3,(H,10,11). The third kappa shape index (κ3) is 1.58. The zero-order valence-electron chi connectivity index (χ0n) is 6.81. The highest BCUT2D eigenvalue weighted by molar-refractivity contribution is 5.26. The predicted octanol–water partition coefficient (Wildman–Crippen LogP) is 1.54. The molecule has 0 bridgehead atoms. The maximum Gasteiger partial charge on any atom is 0.161 e. The van der Waals surface area contributed by atoms with Crippen molar-refractivity contribution in [2.75, 3.05) is 0 Å². The number of aromatic nitrogens is 2. The molecule has 0 aliphatic rings. The van der Waals surface area contributed by atoms with Gasteiger partial charge in [-0.3, -0.25) is 0 Å². The van der Waals surface area contributed by atoms with Crippen LogP contribution in [0.5, 0.6) is 0 Å². The molecule has 0 spiro atoms. The second kappa shape index (κ2) is 3.20. The van der Waals surface area contributed by atoms with Crippen molar-refractivity contribution >= 4 is 0 Å². The van der Waals surface area contributed by atoms with E-state index in [-0.39, 0.29) is 0 Å². The first-order valence-corrected chi connectivity index (χ1v) is 3.73. The molecule has 0 saturated carbocycles. The Morgan fingerprint density at radius 3 is 2.82 bits per heavy atom. The number of aromatic amines is 1. The minimum atomic E-state index is 0.522. The van der Waals surface area contributed by atoms with Crippen LogP contribution in [-0.2, 0) is 6.42 Å². The lowest BCUT2D eigenvalue weighted by Gasteiger charge is -1.87. The lowest BCUT2D eigenvalue weighted by molar-refractivity contribution is 0.853. The van der Waals surface area contributed by atoms with Crippen LogP contribution in [0.15, 0.2) is 0 Å². The van der Waals surface area contributed by atoms with E-state index in [2.05, 4.69) is 16.9 Å². The minimum Gasteiger partial charge on any atom is -0.345 e. The van der Waals surface area contributed by atoms with Gasteiger partial charge in [0.25, 0.3) is 0 Å². The van der Waals surface area contributed by atoms with Crippen LogP contribution >= 0.6 is 0 Å². The van der Waals surface area contributed by atoms with Gasteiger partial charge in [-0.25, -0.2) is 4.98 Å². The minimum absolute atomic E-state index is 0.522. The number of aryl methyl sites for hydroxylation is 2. The number of nitriles is 1. The first-order valence-electron chi connectivity index (χ1n) is 3.73. The van der Waals surface area contributed by atoms with E-state index in [0.29, 0.717) is 5.69 Å².